The number of hydrogen-bond acceptors (Lipinski definition) is 2. The number of benzene rings is 2. The Kier molecular flexibility index (Phi) is 4.35. The summed E-state index contributed by atoms with van der Waals surface area (Å²) < 4.78 is 18.7. The van der Waals surface area contributed by atoms with Crippen LogP contribution in [0.3, 0.4) is 0 Å². The highest BCUT2D eigenvalue weighted by Crippen LogP contribution is 2.21. The number of nitrogens with two attached hydrogens (primary N) is 1. The first kappa shape index (κ1) is 13.8. The zero-order chi connectivity index (χ0) is 13.8. The molecule has 2 aromatic rings. The Balaban J connectivity index is 2.01. The van der Waals surface area contributed by atoms with Crippen LogP contribution in [0.15, 0.2) is 42.5 Å². The number of halogens is 2. The van der Waals surface area contributed by atoms with Crippen LogP contribution in [0.25, 0.3) is 0 Å². The summed E-state index contributed by atoms with van der Waals surface area (Å²) in [5, 5.41) is 0.0770. The maximum atomic E-state index is 13.2. The van der Waals surface area contributed by atoms with Crippen LogP contribution < -0.4 is 10.5 Å². The van der Waals surface area contributed by atoms with Gasteiger partial charge in [0.25, 0.3) is 0 Å². The van der Waals surface area contributed by atoms with Gasteiger partial charge in [0.2, 0.25) is 0 Å². The Bertz CT molecular complexity index is 601. The van der Waals surface area contributed by atoms with Crippen molar-refractivity contribution in [1.82, 2.24) is 0 Å². The van der Waals surface area contributed by atoms with Gasteiger partial charge in [-0.15, -0.1) is 0 Å². The highest BCUT2D eigenvalue weighted by Gasteiger charge is 2.02. The molecule has 0 aromatic heterocycles. The Hall–Kier alpha value is -1.65. The minimum atomic E-state index is -0.497. The van der Waals surface area contributed by atoms with Gasteiger partial charge in [0, 0.05) is 11.6 Å². The Morgan fingerprint density at radius 2 is 1.89 bits per heavy atom. The number of thiocarbonyl (C=S) groups is 1. The molecule has 0 bridgehead atoms. The molecule has 0 radical (unpaired) electrons. The van der Waals surface area contributed by atoms with E-state index in [9.17, 15) is 4.39 Å². The van der Waals surface area contributed by atoms with E-state index in [1.807, 2.05) is 24.3 Å². The van der Waals surface area contributed by atoms with E-state index >= 15 is 0 Å². The second-order valence-electron chi connectivity index (χ2n) is 3.93. The van der Waals surface area contributed by atoms with E-state index in [4.69, 9.17) is 34.3 Å². The standard InChI is InChI=1S/C14H11ClFNOS/c15-12-6-5-11(7-13(12)16)18-8-9-1-3-10(4-2-9)14(17)19/h1-7H,8H2,(H2,17,19). The summed E-state index contributed by atoms with van der Waals surface area (Å²) in [4.78, 5) is 0.354. The number of ether oxygens (including phenoxy) is 1. The van der Waals surface area contributed by atoms with Crippen molar-refractivity contribution in [2.75, 3.05) is 0 Å². The highest BCUT2D eigenvalue weighted by atomic mass is 35.5. The third kappa shape index (κ3) is 3.66. The normalized spacial score (nSPS) is 10.2. The van der Waals surface area contributed by atoms with Crippen LogP contribution in [0.5, 0.6) is 5.75 Å². The summed E-state index contributed by atoms with van der Waals surface area (Å²) in [7, 11) is 0. The van der Waals surface area contributed by atoms with Crippen molar-refractivity contribution in [2.45, 2.75) is 6.61 Å². The van der Waals surface area contributed by atoms with Crippen LogP contribution in [0.1, 0.15) is 11.1 Å². The third-order valence-electron chi connectivity index (χ3n) is 2.54. The van der Waals surface area contributed by atoms with Gasteiger partial charge in [-0.3, -0.25) is 0 Å². The van der Waals surface area contributed by atoms with Gasteiger partial charge in [-0.25, -0.2) is 4.39 Å². The zero-order valence-corrected chi connectivity index (χ0v) is 11.5. The topological polar surface area (TPSA) is 35.2 Å². The minimum Gasteiger partial charge on any atom is -0.489 e. The van der Waals surface area contributed by atoms with Crippen molar-refractivity contribution in [3.8, 4) is 5.75 Å². The molecule has 0 unspecified atom stereocenters. The average molecular weight is 296 g/mol. The SMILES string of the molecule is NC(=S)c1ccc(COc2ccc(Cl)c(F)c2)cc1. The van der Waals surface area contributed by atoms with Crippen LogP contribution in [0.2, 0.25) is 5.02 Å². The molecule has 2 nitrogen and oxygen atoms in total. The quantitative estimate of drug-likeness (QED) is 0.874. The van der Waals surface area contributed by atoms with Crippen molar-refractivity contribution in [2.24, 2.45) is 5.73 Å². The van der Waals surface area contributed by atoms with Gasteiger partial charge >= 0.3 is 0 Å². The van der Waals surface area contributed by atoms with Crippen molar-refractivity contribution < 1.29 is 9.13 Å². The van der Waals surface area contributed by atoms with Gasteiger partial charge in [-0.05, 0) is 17.7 Å². The molecule has 0 aliphatic heterocycles. The highest BCUT2D eigenvalue weighted by molar-refractivity contribution is 7.80. The molecule has 5 heteroatoms. The monoisotopic (exact) mass is 295 g/mol. The van der Waals surface area contributed by atoms with E-state index in [0.717, 1.165) is 11.1 Å². The fourth-order valence-corrected chi connectivity index (χ4v) is 1.75. The average Bonchev–Trinajstić information content (AvgIpc) is 2.40. The lowest BCUT2D eigenvalue weighted by molar-refractivity contribution is 0.304. The van der Waals surface area contributed by atoms with E-state index in [1.54, 1.807) is 6.07 Å². The second kappa shape index (κ2) is 5.99. The molecular weight excluding hydrogens is 285 g/mol. The van der Waals surface area contributed by atoms with Crippen LogP contribution in [0, 0.1) is 5.82 Å². The third-order valence-corrected chi connectivity index (χ3v) is 3.08. The molecule has 19 heavy (non-hydrogen) atoms. The predicted octanol–water partition coefficient (Wildman–Crippen LogP) is 3.69. The van der Waals surface area contributed by atoms with Gasteiger partial charge in [-0.2, -0.15) is 0 Å². The largest absolute Gasteiger partial charge is 0.489 e. The van der Waals surface area contributed by atoms with Crippen LogP contribution in [-0.4, -0.2) is 4.99 Å². The Labute approximate surface area is 120 Å². The first-order valence-electron chi connectivity index (χ1n) is 5.53. The van der Waals surface area contributed by atoms with E-state index in [-0.39, 0.29) is 5.02 Å². The van der Waals surface area contributed by atoms with Crippen LogP contribution >= 0.6 is 23.8 Å². The summed E-state index contributed by atoms with van der Waals surface area (Å²) in [6.45, 7) is 0.332. The second-order valence-corrected chi connectivity index (χ2v) is 4.77. The molecule has 0 spiro atoms. The Morgan fingerprint density at radius 3 is 2.47 bits per heavy atom. The van der Waals surface area contributed by atoms with Crippen LogP contribution in [-0.2, 0) is 6.61 Å². The van der Waals surface area contributed by atoms with Gasteiger partial charge < -0.3 is 10.5 Å². The van der Waals surface area contributed by atoms with E-state index in [2.05, 4.69) is 0 Å². The summed E-state index contributed by atoms with van der Waals surface area (Å²) in [5.41, 5.74) is 7.25. The molecule has 2 N–H and O–H groups in total. The van der Waals surface area contributed by atoms with E-state index in [1.165, 1.54) is 12.1 Å². The van der Waals surface area contributed by atoms with Crippen molar-refractivity contribution in [1.29, 1.82) is 0 Å². The first-order valence-corrected chi connectivity index (χ1v) is 6.31. The molecule has 98 valence electrons. The molecule has 2 rings (SSSR count). The molecule has 0 atom stereocenters. The Morgan fingerprint density at radius 1 is 1.21 bits per heavy atom. The molecule has 2 aromatic carbocycles. The smallest absolute Gasteiger partial charge is 0.145 e. The van der Waals surface area contributed by atoms with Gasteiger partial charge in [-0.1, -0.05) is 48.1 Å². The fraction of sp³-hybridized carbons (Fsp3) is 0.0714. The van der Waals surface area contributed by atoms with Crippen molar-refractivity contribution in [3.05, 3.63) is 64.4 Å². The minimum absolute atomic E-state index is 0.0770. The summed E-state index contributed by atoms with van der Waals surface area (Å²) >= 11 is 10.5. The van der Waals surface area contributed by atoms with Gasteiger partial charge in [0.05, 0.1) is 5.02 Å². The zero-order valence-electron chi connectivity index (χ0n) is 9.90. The number of hydrogen-bond donors (Lipinski definition) is 1. The lowest BCUT2D eigenvalue weighted by atomic mass is 10.1. The molecule has 0 aliphatic rings. The fourth-order valence-electron chi connectivity index (χ4n) is 1.50. The molecular formula is C14H11ClFNOS. The maximum absolute atomic E-state index is 13.2. The first-order chi connectivity index (χ1) is 9.06. The lowest BCUT2D eigenvalue weighted by Crippen LogP contribution is -2.09. The van der Waals surface area contributed by atoms with Gasteiger partial charge in [0.1, 0.15) is 23.2 Å². The summed E-state index contributed by atoms with van der Waals surface area (Å²) in [6, 6.07) is 11.7. The molecule has 0 heterocycles. The summed E-state index contributed by atoms with van der Waals surface area (Å²) in [5.74, 6) is -0.0664. The van der Waals surface area contributed by atoms with Crippen LogP contribution in [0.4, 0.5) is 4.39 Å². The van der Waals surface area contributed by atoms with Gasteiger partial charge in [0.15, 0.2) is 0 Å². The maximum Gasteiger partial charge on any atom is 0.145 e. The van der Waals surface area contributed by atoms with E-state index < -0.39 is 5.82 Å². The van der Waals surface area contributed by atoms with E-state index in [0.29, 0.717) is 17.3 Å². The lowest BCUT2D eigenvalue weighted by Gasteiger charge is -2.07. The molecule has 0 saturated heterocycles. The van der Waals surface area contributed by atoms with Crippen molar-refractivity contribution >= 4 is 28.8 Å². The molecule has 0 fully saturated rings. The molecule has 0 aliphatic carbocycles. The number of rotatable bonds is 4. The van der Waals surface area contributed by atoms with Crippen molar-refractivity contribution in [3.63, 3.8) is 0 Å². The molecule has 0 saturated carbocycles. The predicted molar refractivity (Wildman–Crippen MR) is 78.1 cm³/mol. The summed E-state index contributed by atoms with van der Waals surface area (Å²) in [6.07, 6.45) is 0. The molecule has 0 amide bonds.